The van der Waals surface area contributed by atoms with Crippen LogP contribution in [0.25, 0.3) is 0 Å². The van der Waals surface area contributed by atoms with Gasteiger partial charge in [-0.3, -0.25) is 0 Å². The van der Waals surface area contributed by atoms with Gasteiger partial charge in [0, 0.05) is 12.5 Å². The van der Waals surface area contributed by atoms with Crippen LogP contribution in [0.4, 0.5) is 0 Å². The number of hydrogen-bond donors (Lipinski definition) is 0. The molecule has 0 aromatic heterocycles. The summed E-state index contributed by atoms with van der Waals surface area (Å²) in [6.45, 7) is 23.2. The minimum absolute atomic E-state index is 0.0209. The van der Waals surface area contributed by atoms with Gasteiger partial charge >= 0.3 is 5.97 Å². The molecule has 0 aromatic rings. The fourth-order valence-corrected chi connectivity index (χ4v) is 5.18. The van der Waals surface area contributed by atoms with Crippen molar-refractivity contribution in [1.29, 1.82) is 0 Å². The Balaban J connectivity index is 3.67. The maximum atomic E-state index is 13.2. The van der Waals surface area contributed by atoms with E-state index in [2.05, 4.69) is 71.5 Å². The molecule has 0 aliphatic heterocycles. The van der Waals surface area contributed by atoms with Gasteiger partial charge in [-0.1, -0.05) is 65.1 Å². The Morgan fingerprint density at radius 3 is 2.22 bits per heavy atom. The minimum atomic E-state index is -2.22. The third kappa shape index (κ3) is 6.47. The van der Waals surface area contributed by atoms with Crippen LogP contribution in [0.3, 0.4) is 0 Å². The molecule has 0 heterocycles. The van der Waals surface area contributed by atoms with E-state index in [9.17, 15) is 4.79 Å². The molecule has 1 aliphatic carbocycles. The van der Waals surface area contributed by atoms with Crippen molar-refractivity contribution < 1.29 is 23.4 Å². The van der Waals surface area contributed by atoms with Gasteiger partial charge in [-0.2, -0.15) is 0 Å². The predicted octanol–water partition coefficient (Wildman–Crippen LogP) is 5.48. The number of carbonyl (C=O) groups is 1. The summed E-state index contributed by atoms with van der Waals surface area (Å²) in [5.74, 6) is 3.15. The number of hydrogen-bond acceptors (Lipinski definition) is 5. The lowest BCUT2D eigenvalue weighted by Gasteiger charge is -2.43. The van der Waals surface area contributed by atoms with E-state index in [4.69, 9.17) is 18.6 Å². The molecule has 0 saturated heterocycles. The summed E-state index contributed by atoms with van der Waals surface area (Å²) in [5.41, 5.74) is 2.91. The van der Waals surface area contributed by atoms with Crippen molar-refractivity contribution in [2.24, 2.45) is 5.41 Å². The van der Waals surface area contributed by atoms with E-state index in [0.29, 0.717) is 11.3 Å². The zero-order chi connectivity index (χ0) is 25.0. The van der Waals surface area contributed by atoms with Gasteiger partial charge in [0.1, 0.15) is 26.5 Å². The number of allylic oxidation sites excluding steroid dienone is 1. The first-order valence-electron chi connectivity index (χ1n) is 11.0. The molecule has 3 atom stereocenters. The summed E-state index contributed by atoms with van der Waals surface area (Å²) in [6.07, 6.45) is 4.32. The molecule has 1 rings (SSSR count). The first-order valence-corrected chi connectivity index (χ1v) is 17.4. The molecule has 0 unspecified atom stereocenters. The Morgan fingerprint density at radius 2 is 1.78 bits per heavy atom. The molecule has 7 heteroatoms. The summed E-state index contributed by atoms with van der Waals surface area (Å²) in [5, 5.41) is -0.0209. The highest BCUT2D eigenvalue weighted by Gasteiger charge is 2.57. The molecule has 0 aromatic carbocycles. The Kier molecular flexibility index (Phi) is 9.38. The quantitative estimate of drug-likeness (QED) is 0.200. The number of carbonyl (C=O) groups excluding carboxylic acids is 1. The van der Waals surface area contributed by atoms with Gasteiger partial charge in [0.05, 0.1) is 18.8 Å². The highest BCUT2D eigenvalue weighted by Crippen LogP contribution is 2.50. The summed E-state index contributed by atoms with van der Waals surface area (Å²) < 4.78 is 23.9. The van der Waals surface area contributed by atoms with Gasteiger partial charge in [-0.25, -0.2) is 4.79 Å². The highest BCUT2D eigenvalue weighted by molar-refractivity contribution is 6.83. The molecule has 0 spiro atoms. The number of esters is 1. The van der Waals surface area contributed by atoms with Crippen molar-refractivity contribution in [3.63, 3.8) is 0 Å². The second-order valence-corrected chi connectivity index (χ2v) is 20.4. The zero-order valence-corrected chi connectivity index (χ0v) is 23.8. The molecular formula is C25H42O5Si2. The Bertz CT molecular complexity index is 818. The first-order chi connectivity index (χ1) is 14.6. The zero-order valence-electron chi connectivity index (χ0n) is 21.8. The number of ether oxygens (including phenoxy) is 3. The molecule has 5 nitrogen and oxygen atoms in total. The van der Waals surface area contributed by atoms with Crippen molar-refractivity contribution in [3.05, 3.63) is 36.1 Å². The standard InChI is InChI=1S/C25H42O5Si2/c1-13-17-29-23(26)19-20(27-6)21(28-7)22(30-32(11,12)24(2,3)4)25(19,5)16-14-15-18-31(8,9)10/h13-14,16,21-22H,1,17H2,2-12H3/b16-14-/t21-,22+,25+/m0/s1. The lowest BCUT2D eigenvalue weighted by Crippen LogP contribution is -2.51. The second-order valence-electron chi connectivity index (χ2n) is 10.9. The first kappa shape index (κ1) is 28.4. The second kappa shape index (κ2) is 10.6. The van der Waals surface area contributed by atoms with Crippen molar-refractivity contribution in [2.45, 2.75) is 77.7 Å². The van der Waals surface area contributed by atoms with E-state index in [1.165, 1.54) is 0 Å². The van der Waals surface area contributed by atoms with E-state index in [-0.39, 0.29) is 11.6 Å². The van der Waals surface area contributed by atoms with E-state index in [0.717, 1.165) is 0 Å². The average Bonchev–Trinajstić information content (AvgIpc) is 2.89. The van der Waals surface area contributed by atoms with E-state index >= 15 is 0 Å². The predicted molar refractivity (Wildman–Crippen MR) is 136 cm³/mol. The molecule has 180 valence electrons. The maximum Gasteiger partial charge on any atom is 0.338 e. The lowest BCUT2D eigenvalue weighted by atomic mass is 9.80. The topological polar surface area (TPSA) is 54.0 Å². The number of rotatable bonds is 8. The van der Waals surface area contributed by atoms with Crippen molar-refractivity contribution >= 4 is 22.4 Å². The third-order valence-corrected chi connectivity index (χ3v) is 11.5. The Morgan fingerprint density at radius 1 is 1.19 bits per heavy atom. The minimum Gasteiger partial charge on any atom is -0.498 e. The monoisotopic (exact) mass is 478 g/mol. The average molecular weight is 479 g/mol. The smallest absolute Gasteiger partial charge is 0.338 e. The van der Waals surface area contributed by atoms with Crippen LogP contribution in [0.15, 0.2) is 36.1 Å². The maximum absolute atomic E-state index is 13.2. The van der Waals surface area contributed by atoms with Crippen LogP contribution >= 0.6 is 0 Å². The number of methoxy groups -OCH3 is 2. The Labute approximate surface area is 197 Å². The molecule has 0 N–H and O–H groups in total. The summed E-state index contributed by atoms with van der Waals surface area (Å²) in [6, 6.07) is 0. The van der Waals surface area contributed by atoms with Crippen molar-refractivity contribution in [3.8, 4) is 11.5 Å². The van der Waals surface area contributed by atoms with Crippen LogP contribution in [0, 0.1) is 16.9 Å². The largest absolute Gasteiger partial charge is 0.498 e. The molecule has 32 heavy (non-hydrogen) atoms. The van der Waals surface area contributed by atoms with Gasteiger partial charge < -0.3 is 18.6 Å². The molecular weight excluding hydrogens is 436 g/mol. The van der Waals surface area contributed by atoms with Crippen LogP contribution < -0.4 is 0 Å². The summed E-state index contributed by atoms with van der Waals surface area (Å²) in [7, 11) is -0.599. The molecule has 0 bridgehead atoms. The normalized spacial score (nSPS) is 24.3. The molecule has 0 amide bonds. The fraction of sp³-hybridized carbons (Fsp3) is 0.640. The summed E-state index contributed by atoms with van der Waals surface area (Å²) >= 11 is 0. The molecule has 1 aliphatic rings. The van der Waals surface area contributed by atoms with Crippen LogP contribution in [-0.4, -0.2) is 55.4 Å². The van der Waals surface area contributed by atoms with Crippen LogP contribution in [0.5, 0.6) is 0 Å². The lowest BCUT2D eigenvalue weighted by molar-refractivity contribution is -0.139. The third-order valence-electron chi connectivity index (χ3n) is 6.11. The fourth-order valence-electron chi connectivity index (χ4n) is 3.31. The van der Waals surface area contributed by atoms with Crippen LogP contribution in [0.1, 0.15) is 27.7 Å². The Hall–Kier alpha value is -1.60. The van der Waals surface area contributed by atoms with Crippen LogP contribution in [0.2, 0.25) is 37.8 Å². The van der Waals surface area contributed by atoms with Gasteiger partial charge in [-0.15, -0.1) is 5.54 Å². The van der Waals surface area contributed by atoms with Gasteiger partial charge in [0.25, 0.3) is 0 Å². The van der Waals surface area contributed by atoms with E-state index < -0.39 is 40.0 Å². The van der Waals surface area contributed by atoms with Crippen molar-refractivity contribution in [1.82, 2.24) is 0 Å². The molecule has 0 saturated carbocycles. The molecule has 0 radical (unpaired) electrons. The van der Waals surface area contributed by atoms with E-state index in [1.807, 2.05) is 19.1 Å². The van der Waals surface area contributed by atoms with E-state index in [1.54, 1.807) is 20.3 Å². The van der Waals surface area contributed by atoms with Crippen molar-refractivity contribution in [2.75, 3.05) is 20.8 Å². The van der Waals surface area contributed by atoms with Crippen LogP contribution in [-0.2, 0) is 23.4 Å². The summed E-state index contributed by atoms with van der Waals surface area (Å²) in [4.78, 5) is 13.2. The van der Waals surface area contributed by atoms with Gasteiger partial charge in [-0.05, 0) is 31.1 Å². The van der Waals surface area contributed by atoms with Gasteiger partial charge in [0.2, 0.25) is 0 Å². The highest BCUT2D eigenvalue weighted by atomic mass is 28.4. The SMILES string of the molecule is C=CCOC(=O)C1=C(OC)[C@H](OC)[C@@H](O[Si](C)(C)C(C)(C)C)[C@]1(C)/C=C\C#C[Si](C)(C)C. The van der Waals surface area contributed by atoms with Gasteiger partial charge in [0.15, 0.2) is 8.32 Å². The molecule has 0 fully saturated rings.